The Labute approximate surface area is 266 Å². The van der Waals surface area contributed by atoms with Crippen molar-refractivity contribution in [3.63, 3.8) is 0 Å². The van der Waals surface area contributed by atoms with Crippen LogP contribution in [0.25, 0.3) is 0 Å². The second kappa shape index (κ2) is 11.2. The van der Waals surface area contributed by atoms with Gasteiger partial charge in [-0.15, -0.1) is 0 Å². The Kier molecular flexibility index (Phi) is 7.80. The van der Waals surface area contributed by atoms with Gasteiger partial charge in [0, 0.05) is 88.9 Å². The predicted molar refractivity (Wildman–Crippen MR) is 163 cm³/mol. The number of esters is 2. The lowest BCUT2D eigenvalue weighted by Gasteiger charge is -2.69. The number of piperidine rings is 1. The number of hydrogen-bond acceptors (Lipinski definition) is 10. The van der Waals surface area contributed by atoms with Crippen molar-refractivity contribution < 1.29 is 42.7 Å². The van der Waals surface area contributed by atoms with E-state index in [1.807, 2.05) is 14.2 Å². The second-order valence-electron chi connectivity index (χ2n) is 14.4. The largest absolute Gasteiger partial charge is 0.497 e. The third-order valence-corrected chi connectivity index (χ3v) is 13.2. The van der Waals surface area contributed by atoms with Gasteiger partial charge in [0.2, 0.25) is 0 Å². The van der Waals surface area contributed by atoms with E-state index in [-0.39, 0.29) is 70.7 Å². The first-order valence-electron chi connectivity index (χ1n) is 16.6. The van der Waals surface area contributed by atoms with E-state index >= 15 is 0 Å². The van der Waals surface area contributed by atoms with E-state index in [1.54, 1.807) is 45.6 Å². The van der Waals surface area contributed by atoms with Crippen LogP contribution >= 0.6 is 0 Å². The Balaban J connectivity index is 1.43. The molecule has 0 amide bonds. The van der Waals surface area contributed by atoms with Crippen molar-refractivity contribution in [1.29, 1.82) is 0 Å². The van der Waals surface area contributed by atoms with E-state index < -0.39 is 17.7 Å². The fourth-order valence-electron chi connectivity index (χ4n) is 12.4. The zero-order chi connectivity index (χ0) is 31.9. The number of methoxy groups -OCH3 is 5. The topological polar surface area (TPSA) is 102 Å². The van der Waals surface area contributed by atoms with E-state index in [1.165, 1.54) is 6.92 Å². The van der Waals surface area contributed by atoms with Gasteiger partial charge < -0.3 is 33.2 Å². The standard InChI is InChI=1S/C35H49NO9/c1-8-36-17-33(18-39-3)14-13-25(42-6)35-23-15-22-24(41-5)16-34(45-19(2)37,27(31(35)36)29(43-7)30(33)35)26(23)28(22)44-32(38)20-9-11-21(40-4)12-10-20/h9-12,22-31H,8,13-18H2,1-7H3/t22?,23?,24?,25?,26?,27?,28?,29?,30?,31?,33-,34+,35-/m0/s1. The van der Waals surface area contributed by atoms with Crippen molar-refractivity contribution in [2.45, 2.75) is 75.6 Å². The molecule has 0 aromatic heterocycles. The van der Waals surface area contributed by atoms with E-state index in [2.05, 4.69) is 11.8 Å². The molecular formula is C35H49NO9. The Morgan fingerprint density at radius 2 is 1.73 bits per heavy atom. The molecule has 10 nitrogen and oxygen atoms in total. The van der Waals surface area contributed by atoms with Gasteiger partial charge in [0.1, 0.15) is 17.5 Å². The van der Waals surface area contributed by atoms with Crippen LogP contribution in [0.4, 0.5) is 0 Å². The molecule has 1 aromatic carbocycles. The molecule has 0 radical (unpaired) electrons. The van der Waals surface area contributed by atoms with E-state index in [9.17, 15) is 9.59 Å². The van der Waals surface area contributed by atoms with Gasteiger partial charge in [0.05, 0.1) is 37.6 Å². The van der Waals surface area contributed by atoms with Gasteiger partial charge in [-0.25, -0.2) is 4.79 Å². The molecule has 1 aliphatic heterocycles. The summed E-state index contributed by atoms with van der Waals surface area (Å²) in [5.74, 6) is -0.299. The highest BCUT2D eigenvalue weighted by molar-refractivity contribution is 5.89. The van der Waals surface area contributed by atoms with Gasteiger partial charge in [0.15, 0.2) is 0 Å². The van der Waals surface area contributed by atoms with E-state index in [0.717, 1.165) is 32.4 Å². The molecule has 7 bridgehead atoms. The van der Waals surface area contributed by atoms with Crippen LogP contribution in [0.5, 0.6) is 5.75 Å². The van der Waals surface area contributed by atoms with E-state index in [0.29, 0.717) is 24.3 Å². The van der Waals surface area contributed by atoms with Crippen LogP contribution in [0.2, 0.25) is 0 Å². The summed E-state index contributed by atoms with van der Waals surface area (Å²) >= 11 is 0. The predicted octanol–water partition coefficient (Wildman–Crippen LogP) is 3.60. The van der Waals surface area contributed by atoms with Gasteiger partial charge in [-0.05, 0) is 56.0 Å². The summed E-state index contributed by atoms with van der Waals surface area (Å²) in [6, 6.07) is 7.07. The third-order valence-electron chi connectivity index (χ3n) is 13.2. The molecule has 6 fully saturated rings. The smallest absolute Gasteiger partial charge is 0.338 e. The summed E-state index contributed by atoms with van der Waals surface area (Å²) in [5.41, 5.74) is -0.937. The zero-order valence-electron chi connectivity index (χ0n) is 27.7. The molecule has 5 aliphatic carbocycles. The van der Waals surface area contributed by atoms with Gasteiger partial charge in [0.25, 0.3) is 0 Å². The van der Waals surface area contributed by atoms with Crippen molar-refractivity contribution in [1.82, 2.24) is 4.90 Å². The molecule has 248 valence electrons. The Morgan fingerprint density at radius 1 is 0.978 bits per heavy atom. The van der Waals surface area contributed by atoms with Gasteiger partial charge >= 0.3 is 11.9 Å². The molecule has 5 saturated carbocycles. The Morgan fingerprint density at radius 3 is 2.33 bits per heavy atom. The molecule has 1 heterocycles. The van der Waals surface area contributed by atoms with Gasteiger partial charge in [-0.2, -0.15) is 0 Å². The molecule has 0 N–H and O–H groups in total. The van der Waals surface area contributed by atoms with Crippen LogP contribution in [0.1, 0.15) is 49.9 Å². The lowest BCUT2D eigenvalue weighted by molar-refractivity contribution is -0.280. The van der Waals surface area contributed by atoms with Crippen molar-refractivity contribution in [2.24, 2.45) is 40.4 Å². The summed E-state index contributed by atoms with van der Waals surface area (Å²) in [6.07, 6.45) is 2.27. The second-order valence-corrected chi connectivity index (χ2v) is 14.4. The number of likely N-dealkylation sites (tertiary alicyclic amines) is 1. The van der Waals surface area contributed by atoms with Crippen molar-refractivity contribution >= 4 is 11.9 Å². The normalized spacial score (nSPS) is 45.7. The molecule has 1 aromatic rings. The minimum absolute atomic E-state index is 0.0203. The van der Waals surface area contributed by atoms with Crippen LogP contribution in [0.3, 0.4) is 0 Å². The highest BCUT2D eigenvalue weighted by atomic mass is 16.6. The maximum Gasteiger partial charge on any atom is 0.338 e. The first-order valence-corrected chi connectivity index (χ1v) is 16.6. The monoisotopic (exact) mass is 627 g/mol. The summed E-state index contributed by atoms with van der Waals surface area (Å²) in [7, 11) is 8.77. The number of nitrogens with zero attached hydrogens (tertiary/aromatic N) is 1. The quantitative estimate of drug-likeness (QED) is 0.358. The highest BCUT2D eigenvalue weighted by Crippen LogP contribution is 2.80. The summed E-state index contributed by atoms with van der Waals surface area (Å²) in [4.78, 5) is 29.7. The fourth-order valence-corrected chi connectivity index (χ4v) is 12.4. The third kappa shape index (κ3) is 3.98. The highest BCUT2D eigenvalue weighted by Gasteiger charge is 2.88. The minimum atomic E-state index is -0.947. The molecule has 1 saturated heterocycles. The molecular weight excluding hydrogens is 578 g/mol. The SMILES string of the molecule is CCN1C[C@]2(COC)CCC(OC)[C@@]34C5CC6C(OC)C[C@@](OC(C)=O)(C5C6OC(=O)c5ccc(OC)cc5)C(C(OC)C23)C14. The average molecular weight is 628 g/mol. The number of carbonyl (C=O) groups is 2. The first kappa shape index (κ1) is 31.4. The maximum atomic E-state index is 13.8. The van der Waals surface area contributed by atoms with Crippen molar-refractivity contribution in [3.8, 4) is 5.75 Å². The number of carbonyl (C=O) groups excluding carboxylic acids is 2. The molecule has 6 aliphatic rings. The maximum absolute atomic E-state index is 13.8. The van der Waals surface area contributed by atoms with Gasteiger partial charge in [-0.3, -0.25) is 9.69 Å². The molecule has 10 unspecified atom stereocenters. The Hall–Kier alpha value is -2.24. The number of fused-ring (bicyclic) bond motifs is 2. The van der Waals surface area contributed by atoms with Crippen molar-refractivity contribution in [2.75, 3.05) is 55.2 Å². The number of rotatable bonds is 10. The number of ether oxygens (including phenoxy) is 7. The lowest BCUT2D eigenvalue weighted by atomic mass is 9.43. The first-order chi connectivity index (χ1) is 21.7. The van der Waals surface area contributed by atoms with Crippen LogP contribution in [0.15, 0.2) is 24.3 Å². The van der Waals surface area contributed by atoms with Gasteiger partial charge in [-0.1, -0.05) is 6.92 Å². The molecule has 10 heteroatoms. The van der Waals surface area contributed by atoms with Crippen molar-refractivity contribution in [3.05, 3.63) is 29.8 Å². The zero-order valence-corrected chi connectivity index (χ0v) is 27.7. The lowest BCUT2D eigenvalue weighted by Crippen LogP contribution is -2.77. The molecule has 45 heavy (non-hydrogen) atoms. The summed E-state index contributed by atoms with van der Waals surface area (Å²) < 4.78 is 44.1. The number of benzene rings is 1. The fraction of sp³-hybridized carbons (Fsp3) is 0.771. The van der Waals surface area contributed by atoms with Crippen LogP contribution in [-0.2, 0) is 33.2 Å². The number of hydrogen-bond donors (Lipinski definition) is 0. The summed E-state index contributed by atoms with van der Waals surface area (Å²) in [5, 5.41) is 0. The van der Waals surface area contributed by atoms with E-state index in [4.69, 9.17) is 33.2 Å². The molecule has 13 atom stereocenters. The molecule has 1 spiro atoms. The average Bonchev–Trinajstić information content (AvgIpc) is 3.46. The molecule has 7 rings (SSSR count). The minimum Gasteiger partial charge on any atom is -0.497 e. The van der Waals surface area contributed by atoms with Crippen LogP contribution in [0, 0.1) is 40.4 Å². The summed E-state index contributed by atoms with van der Waals surface area (Å²) in [6.45, 7) is 6.11. The Bertz CT molecular complexity index is 1310. The van der Waals surface area contributed by atoms with Crippen LogP contribution < -0.4 is 4.74 Å². The van der Waals surface area contributed by atoms with Crippen LogP contribution in [-0.4, -0.2) is 108 Å².